The summed E-state index contributed by atoms with van der Waals surface area (Å²) in [7, 11) is 0. The third kappa shape index (κ3) is 6.71. The number of benzene rings is 2. The first-order valence-corrected chi connectivity index (χ1v) is 11.8. The van der Waals surface area contributed by atoms with Crippen LogP contribution in [-0.2, 0) is 9.53 Å². The van der Waals surface area contributed by atoms with Crippen LogP contribution in [0, 0.1) is 5.92 Å². The molecule has 176 valence electrons. The van der Waals surface area contributed by atoms with Crippen molar-refractivity contribution in [3.05, 3.63) is 54.1 Å². The van der Waals surface area contributed by atoms with Gasteiger partial charge in [0.05, 0.1) is 12.6 Å². The van der Waals surface area contributed by atoms with Crippen LogP contribution in [0.3, 0.4) is 0 Å². The zero-order valence-electron chi connectivity index (χ0n) is 19.2. The van der Waals surface area contributed by atoms with Crippen molar-refractivity contribution in [2.45, 2.75) is 38.7 Å². The van der Waals surface area contributed by atoms with Gasteiger partial charge in [0.15, 0.2) is 0 Å². The highest BCUT2D eigenvalue weighted by Crippen LogP contribution is 2.20. The lowest BCUT2D eigenvalue weighted by Gasteiger charge is -2.30. The molecule has 0 aliphatic carbocycles. The molecule has 1 atom stereocenters. The number of anilines is 2. The SMILES string of the molecule is CC1CCN(C(=O)c2cccc(NCC(=O)Nc3ccc(OCC4CCCO4)cc3)c2)CC1. The normalized spacial score (nSPS) is 18.7. The molecule has 0 aromatic heterocycles. The van der Waals surface area contributed by atoms with Crippen LogP contribution in [-0.4, -0.2) is 55.7 Å². The Kier molecular flexibility index (Phi) is 7.83. The van der Waals surface area contributed by atoms with Crippen molar-refractivity contribution in [2.75, 3.05) is 43.5 Å². The molecule has 0 bridgehead atoms. The third-order valence-electron chi connectivity index (χ3n) is 6.23. The number of carbonyl (C=O) groups is 2. The van der Waals surface area contributed by atoms with Crippen LogP contribution < -0.4 is 15.4 Å². The van der Waals surface area contributed by atoms with E-state index in [4.69, 9.17) is 9.47 Å². The molecule has 2 amide bonds. The standard InChI is InChI=1S/C26H33N3O4/c1-19-11-13-29(14-12-19)26(31)20-4-2-5-22(16-20)27-17-25(30)28-21-7-9-23(10-8-21)33-18-24-6-3-15-32-24/h2,4-5,7-10,16,19,24,27H,3,6,11-15,17-18H2,1H3,(H,28,30). The fourth-order valence-electron chi connectivity index (χ4n) is 4.14. The summed E-state index contributed by atoms with van der Waals surface area (Å²) in [6, 6.07) is 14.7. The quantitative estimate of drug-likeness (QED) is 0.630. The molecular formula is C26H33N3O4. The number of amides is 2. The van der Waals surface area contributed by atoms with E-state index in [0.29, 0.717) is 23.8 Å². The minimum Gasteiger partial charge on any atom is -0.491 e. The molecule has 0 spiro atoms. The van der Waals surface area contributed by atoms with E-state index in [2.05, 4.69) is 17.6 Å². The molecule has 2 aromatic rings. The fourth-order valence-corrected chi connectivity index (χ4v) is 4.14. The van der Waals surface area contributed by atoms with E-state index >= 15 is 0 Å². The second kappa shape index (κ2) is 11.2. The number of hydrogen-bond donors (Lipinski definition) is 2. The summed E-state index contributed by atoms with van der Waals surface area (Å²) >= 11 is 0. The van der Waals surface area contributed by atoms with Gasteiger partial charge in [-0.2, -0.15) is 0 Å². The van der Waals surface area contributed by atoms with Gasteiger partial charge in [-0.1, -0.05) is 13.0 Å². The Morgan fingerprint density at radius 2 is 1.85 bits per heavy atom. The summed E-state index contributed by atoms with van der Waals surface area (Å²) in [5, 5.41) is 5.98. The van der Waals surface area contributed by atoms with Crippen molar-refractivity contribution in [1.82, 2.24) is 4.90 Å². The fraction of sp³-hybridized carbons (Fsp3) is 0.462. The van der Waals surface area contributed by atoms with Crippen LogP contribution in [0.2, 0.25) is 0 Å². The minimum absolute atomic E-state index is 0.0526. The molecule has 33 heavy (non-hydrogen) atoms. The molecule has 2 N–H and O–H groups in total. The first kappa shape index (κ1) is 23.1. The average Bonchev–Trinajstić information content (AvgIpc) is 3.36. The topological polar surface area (TPSA) is 79.9 Å². The Labute approximate surface area is 195 Å². The summed E-state index contributed by atoms with van der Waals surface area (Å²) in [6.45, 7) is 5.30. The van der Waals surface area contributed by atoms with E-state index in [1.807, 2.05) is 53.4 Å². The number of likely N-dealkylation sites (tertiary alicyclic amines) is 1. The lowest BCUT2D eigenvalue weighted by Crippen LogP contribution is -2.37. The summed E-state index contributed by atoms with van der Waals surface area (Å²) in [6.07, 6.45) is 4.40. The zero-order chi connectivity index (χ0) is 23.0. The van der Waals surface area contributed by atoms with Gasteiger partial charge < -0.3 is 25.0 Å². The van der Waals surface area contributed by atoms with Gasteiger partial charge in [0.2, 0.25) is 5.91 Å². The highest BCUT2D eigenvalue weighted by Gasteiger charge is 2.21. The van der Waals surface area contributed by atoms with Gasteiger partial charge in [0.1, 0.15) is 12.4 Å². The van der Waals surface area contributed by atoms with Crippen molar-refractivity contribution < 1.29 is 19.1 Å². The first-order chi connectivity index (χ1) is 16.1. The Morgan fingerprint density at radius 1 is 1.06 bits per heavy atom. The van der Waals surface area contributed by atoms with Crippen LogP contribution in [0.15, 0.2) is 48.5 Å². The number of rotatable bonds is 8. The number of nitrogens with zero attached hydrogens (tertiary/aromatic N) is 1. The number of piperidine rings is 1. The molecule has 2 aliphatic heterocycles. The Morgan fingerprint density at radius 3 is 2.58 bits per heavy atom. The lowest BCUT2D eigenvalue weighted by atomic mass is 9.98. The largest absolute Gasteiger partial charge is 0.491 e. The third-order valence-corrected chi connectivity index (χ3v) is 6.23. The van der Waals surface area contributed by atoms with Crippen LogP contribution in [0.5, 0.6) is 5.75 Å². The predicted molar refractivity (Wildman–Crippen MR) is 129 cm³/mol. The molecular weight excluding hydrogens is 418 g/mol. The van der Waals surface area contributed by atoms with E-state index < -0.39 is 0 Å². The van der Waals surface area contributed by atoms with Crippen molar-refractivity contribution in [3.63, 3.8) is 0 Å². The van der Waals surface area contributed by atoms with Crippen LogP contribution in [0.25, 0.3) is 0 Å². The molecule has 4 rings (SSSR count). The molecule has 2 fully saturated rings. The Bertz CT molecular complexity index is 933. The minimum atomic E-state index is -0.162. The summed E-state index contributed by atoms with van der Waals surface area (Å²) in [5.41, 5.74) is 2.10. The lowest BCUT2D eigenvalue weighted by molar-refractivity contribution is -0.114. The van der Waals surface area contributed by atoms with Crippen molar-refractivity contribution in [1.29, 1.82) is 0 Å². The van der Waals surface area contributed by atoms with E-state index in [0.717, 1.165) is 56.8 Å². The number of nitrogens with one attached hydrogen (secondary N) is 2. The molecule has 2 aromatic carbocycles. The van der Waals surface area contributed by atoms with Crippen molar-refractivity contribution in [3.8, 4) is 5.75 Å². The van der Waals surface area contributed by atoms with Gasteiger partial charge >= 0.3 is 0 Å². The molecule has 7 nitrogen and oxygen atoms in total. The molecule has 2 heterocycles. The van der Waals surface area contributed by atoms with Gasteiger partial charge in [-0.05, 0) is 74.1 Å². The maximum Gasteiger partial charge on any atom is 0.253 e. The Balaban J connectivity index is 1.23. The number of hydrogen-bond acceptors (Lipinski definition) is 5. The summed E-state index contributed by atoms with van der Waals surface area (Å²) in [4.78, 5) is 27.1. The van der Waals surface area contributed by atoms with Crippen molar-refractivity contribution in [2.24, 2.45) is 5.92 Å². The zero-order valence-corrected chi connectivity index (χ0v) is 19.2. The van der Waals surface area contributed by atoms with E-state index in [9.17, 15) is 9.59 Å². The smallest absolute Gasteiger partial charge is 0.253 e. The molecule has 1 unspecified atom stereocenters. The first-order valence-electron chi connectivity index (χ1n) is 11.8. The highest BCUT2D eigenvalue weighted by atomic mass is 16.5. The van der Waals surface area contributed by atoms with Gasteiger partial charge in [-0.3, -0.25) is 9.59 Å². The molecule has 0 radical (unpaired) electrons. The van der Waals surface area contributed by atoms with Gasteiger partial charge in [0, 0.05) is 36.6 Å². The van der Waals surface area contributed by atoms with Gasteiger partial charge in [-0.15, -0.1) is 0 Å². The van der Waals surface area contributed by atoms with E-state index in [1.165, 1.54) is 0 Å². The predicted octanol–water partition coefficient (Wildman–Crippen LogP) is 4.17. The van der Waals surface area contributed by atoms with Crippen LogP contribution >= 0.6 is 0 Å². The van der Waals surface area contributed by atoms with Crippen molar-refractivity contribution >= 4 is 23.2 Å². The number of ether oxygens (including phenoxy) is 2. The second-order valence-corrected chi connectivity index (χ2v) is 8.93. The molecule has 0 saturated carbocycles. The van der Waals surface area contributed by atoms with E-state index in [-0.39, 0.29) is 24.5 Å². The highest BCUT2D eigenvalue weighted by molar-refractivity contribution is 5.96. The van der Waals surface area contributed by atoms with Crippen LogP contribution in [0.1, 0.15) is 43.0 Å². The summed E-state index contributed by atoms with van der Waals surface area (Å²) < 4.78 is 11.3. The van der Waals surface area contributed by atoms with Crippen LogP contribution in [0.4, 0.5) is 11.4 Å². The Hall–Kier alpha value is -3.06. The monoisotopic (exact) mass is 451 g/mol. The summed E-state index contributed by atoms with van der Waals surface area (Å²) in [5.74, 6) is 1.32. The average molecular weight is 452 g/mol. The number of carbonyl (C=O) groups excluding carboxylic acids is 2. The maximum atomic E-state index is 12.8. The second-order valence-electron chi connectivity index (χ2n) is 8.93. The van der Waals surface area contributed by atoms with E-state index in [1.54, 1.807) is 0 Å². The van der Waals surface area contributed by atoms with Gasteiger partial charge in [0.25, 0.3) is 5.91 Å². The molecule has 2 saturated heterocycles. The molecule has 2 aliphatic rings. The molecule has 7 heteroatoms. The van der Waals surface area contributed by atoms with Gasteiger partial charge in [-0.25, -0.2) is 0 Å². The maximum absolute atomic E-state index is 12.8.